The number of carbonyl (C=O) groups is 1. The summed E-state index contributed by atoms with van der Waals surface area (Å²) in [7, 11) is -3.05. The summed E-state index contributed by atoms with van der Waals surface area (Å²) >= 11 is 1.19. The molecule has 148 valence electrons. The first kappa shape index (κ1) is 19.7. The molecule has 3 heterocycles. The summed E-state index contributed by atoms with van der Waals surface area (Å²) in [4.78, 5) is 14.4. The number of furan rings is 1. The van der Waals surface area contributed by atoms with Crippen LogP contribution in [0.3, 0.4) is 0 Å². The van der Waals surface area contributed by atoms with E-state index in [1.165, 1.54) is 16.4 Å². The number of nitrogen functional groups attached to an aromatic ring is 1. The lowest BCUT2D eigenvalue weighted by molar-refractivity contribution is -0.130. The Labute approximate surface area is 162 Å². The van der Waals surface area contributed by atoms with Crippen LogP contribution in [0.15, 0.2) is 21.9 Å². The molecule has 1 aliphatic rings. The molecule has 0 aliphatic carbocycles. The maximum atomic E-state index is 12.7. The zero-order valence-corrected chi connectivity index (χ0v) is 16.9. The van der Waals surface area contributed by atoms with Gasteiger partial charge in [0.05, 0.1) is 29.1 Å². The van der Waals surface area contributed by atoms with Crippen molar-refractivity contribution in [2.75, 3.05) is 29.6 Å². The molecule has 2 aromatic rings. The van der Waals surface area contributed by atoms with Gasteiger partial charge >= 0.3 is 0 Å². The van der Waals surface area contributed by atoms with E-state index in [1.807, 2.05) is 6.92 Å². The largest absolute Gasteiger partial charge is 0.469 e. The molecule has 0 unspecified atom stereocenters. The number of carbonyl (C=O) groups excluding carboxylic acids is 1. The third-order valence-corrected chi connectivity index (χ3v) is 7.20. The first-order chi connectivity index (χ1) is 12.8. The van der Waals surface area contributed by atoms with Crippen molar-refractivity contribution in [1.82, 2.24) is 19.8 Å². The van der Waals surface area contributed by atoms with Crippen molar-refractivity contribution in [3.8, 4) is 11.4 Å². The number of aryl methyl sites for hydroxylation is 1. The number of rotatable bonds is 7. The average molecular weight is 414 g/mol. The standard InChI is InChI=1S/C16H23N5O4S2/c1-3-6-20(12-5-8-27(23,24)10-12)14(22)9-26-16-19-18-15(21(16)17)13-4-7-25-11(13)2/h4,7,12H,3,5-6,8-10,17H2,1-2H3/t12-/m0/s1. The van der Waals surface area contributed by atoms with Crippen LogP contribution in [0, 0.1) is 6.92 Å². The van der Waals surface area contributed by atoms with Gasteiger partial charge in [0.2, 0.25) is 11.1 Å². The predicted molar refractivity (Wildman–Crippen MR) is 102 cm³/mol. The van der Waals surface area contributed by atoms with E-state index < -0.39 is 9.84 Å². The Morgan fingerprint density at radius 1 is 1.48 bits per heavy atom. The smallest absolute Gasteiger partial charge is 0.233 e. The van der Waals surface area contributed by atoms with Gasteiger partial charge in [-0.05, 0) is 25.8 Å². The van der Waals surface area contributed by atoms with Crippen LogP contribution in [0.4, 0.5) is 0 Å². The third-order valence-electron chi connectivity index (χ3n) is 4.52. The van der Waals surface area contributed by atoms with Crippen LogP contribution in [-0.2, 0) is 14.6 Å². The Bertz CT molecular complexity index is 921. The number of sulfone groups is 1. The van der Waals surface area contributed by atoms with Crippen molar-refractivity contribution in [2.24, 2.45) is 0 Å². The molecule has 3 rings (SSSR count). The molecule has 1 atom stereocenters. The van der Waals surface area contributed by atoms with E-state index in [-0.39, 0.29) is 29.2 Å². The maximum absolute atomic E-state index is 12.7. The van der Waals surface area contributed by atoms with Crippen LogP contribution < -0.4 is 5.84 Å². The summed E-state index contributed by atoms with van der Waals surface area (Å²) in [6.45, 7) is 4.31. The first-order valence-corrected chi connectivity index (χ1v) is 11.5. The Kier molecular flexibility index (Phi) is 5.80. The second kappa shape index (κ2) is 7.93. The molecular weight excluding hydrogens is 390 g/mol. The number of hydrogen-bond donors (Lipinski definition) is 1. The van der Waals surface area contributed by atoms with Gasteiger partial charge in [-0.2, -0.15) is 0 Å². The highest BCUT2D eigenvalue weighted by molar-refractivity contribution is 7.99. The number of nitrogens with two attached hydrogens (primary N) is 1. The highest BCUT2D eigenvalue weighted by Crippen LogP contribution is 2.26. The van der Waals surface area contributed by atoms with Gasteiger partial charge in [-0.15, -0.1) is 10.2 Å². The molecule has 11 heteroatoms. The van der Waals surface area contributed by atoms with Gasteiger partial charge in [-0.1, -0.05) is 18.7 Å². The van der Waals surface area contributed by atoms with E-state index in [1.54, 1.807) is 24.2 Å². The molecule has 2 aromatic heterocycles. The highest BCUT2D eigenvalue weighted by Gasteiger charge is 2.34. The van der Waals surface area contributed by atoms with Crippen LogP contribution in [-0.4, -0.2) is 63.9 Å². The van der Waals surface area contributed by atoms with E-state index in [4.69, 9.17) is 10.3 Å². The van der Waals surface area contributed by atoms with Crippen LogP contribution >= 0.6 is 11.8 Å². The average Bonchev–Trinajstić information content (AvgIpc) is 3.29. The lowest BCUT2D eigenvalue weighted by Crippen LogP contribution is -2.42. The Hall–Kier alpha value is -2.01. The minimum atomic E-state index is -3.05. The second-order valence-corrected chi connectivity index (χ2v) is 9.67. The van der Waals surface area contributed by atoms with E-state index in [9.17, 15) is 13.2 Å². The minimum Gasteiger partial charge on any atom is -0.469 e. The topological polar surface area (TPSA) is 124 Å². The van der Waals surface area contributed by atoms with E-state index in [0.29, 0.717) is 29.7 Å². The summed E-state index contributed by atoms with van der Waals surface area (Å²) in [5, 5.41) is 8.54. The summed E-state index contributed by atoms with van der Waals surface area (Å²) in [5.41, 5.74) is 0.743. The summed E-state index contributed by atoms with van der Waals surface area (Å²) in [6, 6.07) is 1.51. The summed E-state index contributed by atoms with van der Waals surface area (Å²) in [5.74, 6) is 7.40. The fraction of sp³-hybridized carbons (Fsp3) is 0.562. The lowest BCUT2D eigenvalue weighted by Gasteiger charge is -2.27. The van der Waals surface area contributed by atoms with E-state index >= 15 is 0 Å². The molecule has 1 amide bonds. The van der Waals surface area contributed by atoms with E-state index in [2.05, 4.69) is 10.2 Å². The zero-order valence-electron chi connectivity index (χ0n) is 15.3. The third kappa shape index (κ3) is 4.29. The van der Waals surface area contributed by atoms with Gasteiger partial charge in [0.15, 0.2) is 15.7 Å². The molecule has 2 N–H and O–H groups in total. The highest BCUT2D eigenvalue weighted by atomic mass is 32.2. The quantitative estimate of drug-likeness (QED) is 0.528. The van der Waals surface area contributed by atoms with Crippen molar-refractivity contribution in [3.63, 3.8) is 0 Å². The van der Waals surface area contributed by atoms with Crippen LogP contribution in [0.25, 0.3) is 11.4 Å². The second-order valence-electron chi connectivity index (χ2n) is 6.50. The number of amides is 1. The normalized spacial score (nSPS) is 18.7. The van der Waals surface area contributed by atoms with Gasteiger partial charge in [0.25, 0.3) is 0 Å². The molecule has 1 aliphatic heterocycles. The molecule has 1 fully saturated rings. The molecule has 0 spiro atoms. The zero-order chi connectivity index (χ0) is 19.6. The van der Waals surface area contributed by atoms with Crippen molar-refractivity contribution >= 4 is 27.5 Å². The van der Waals surface area contributed by atoms with Gasteiger partial charge in [0.1, 0.15) is 5.76 Å². The van der Waals surface area contributed by atoms with Gasteiger partial charge < -0.3 is 15.2 Å². The number of nitrogens with zero attached hydrogens (tertiary/aromatic N) is 4. The fourth-order valence-corrected chi connectivity index (χ4v) is 5.63. The Morgan fingerprint density at radius 2 is 2.26 bits per heavy atom. The monoisotopic (exact) mass is 413 g/mol. The summed E-state index contributed by atoms with van der Waals surface area (Å²) < 4.78 is 30.1. The molecular formula is C16H23N5O4S2. The maximum Gasteiger partial charge on any atom is 0.233 e. The molecule has 0 radical (unpaired) electrons. The fourth-order valence-electron chi connectivity index (χ4n) is 3.16. The lowest BCUT2D eigenvalue weighted by atomic mass is 10.2. The molecule has 0 aromatic carbocycles. The Balaban J connectivity index is 1.67. The molecule has 9 nitrogen and oxygen atoms in total. The van der Waals surface area contributed by atoms with Crippen molar-refractivity contribution in [2.45, 2.75) is 37.9 Å². The minimum absolute atomic E-state index is 0.0421. The van der Waals surface area contributed by atoms with Crippen molar-refractivity contribution in [1.29, 1.82) is 0 Å². The van der Waals surface area contributed by atoms with Crippen LogP contribution in [0.2, 0.25) is 0 Å². The van der Waals surface area contributed by atoms with Gasteiger partial charge in [-0.25, -0.2) is 13.1 Å². The van der Waals surface area contributed by atoms with E-state index in [0.717, 1.165) is 12.0 Å². The number of hydrogen-bond acceptors (Lipinski definition) is 8. The van der Waals surface area contributed by atoms with Gasteiger partial charge in [0, 0.05) is 12.6 Å². The molecule has 0 saturated carbocycles. The molecule has 1 saturated heterocycles. The van der Waals surface area contributed by atoms with Crippen LogP contribution in [0.5, 0.6) is 0 Å². The first-order valence-electron chi connectivity index (χ1n) is 8.70. The van der Waals surface area contributed by atoms with Gasteiger partial charge in [-0.3, -0.25) is 4.79 Å². The van der Waals surface area contributed by atoms with Crippen molar-refractivity contribution < 1.29 is 17.6 Å². The number of thioether (sulfide) groups is 1. The summed E-state index contributed by atoms with van der Waals surface area (Å²) in [6.07, 6.45) is 2.81. The predicted octanol–water partition coefficient (Wildman–Crippen LogP) is 1.08. The van der Waals surface area contributed by atoms with Crippen LogP contribution in [0.1, 0.15) is 25.5 Å². The van der Waals surface area contributed by atoms with Crippen molar-refractivity contribution in [3.05, 3.63) is 18.1 Å². The molecule has 27 heavy (non-hydrogen) atoms. The SMILES string of the molecule is CCCN(C(=O)CSc1nnc(-c2ccoc2C)n1N)[C@H]1CCS(=O)(=O)C1. The number of aromatic nitrogens is 3. The molecule has 0 bridgehead atoms. The Morgan fingerprint density at radius 3 is 2.85 bits per heavy atom.